The van der Waals surface area contributed by atoms with Crippen LogP contribution in [0.2, 0.25) is 0 Å². The maximum Gasteiger partial charge on any atom is 0.432 e. The molecule has 0 unspecified atom stereocenters. The van der Waals surface area contributed by atoms with Crippen LogP contribution < -0.4 is 4.74 Å². The van der Waals surface area contributed by atoms with Gasteiger partial charge in [0.2, 0.25) is 0 Å². The van der Waals surface area contributed by atoms with Crippen LogP contribution in [0.25, 0.3) is 0 Å². The first kappa shape index (κ1) is 25.1. The van der Waals surface area contributed by atoms with Gasteiger partial charge in [-0.15, -0.1) is 0 Å². The van der Waals surface area contributed by atoms with Crippen LogP contribution in [0.15, 0.2) is 42.5 Å². The lowest BCUT2D eigenvalue weighted by Gasteiger charge is -2.19. The van der Waals surface area contributed by atoms with Crippen LogP contribution >= 0.6 is 0 Å². The molecule has 0 fully saturated rings. The van der Waals surface area contributed by atoms with E-state index in [1.165, 1.54) is 12.1 Å². The summed E-state index contributed by atoms with van der Waals surface area (Å²) < 4.78 is 115. The van der Waals surface area contributed by atoms with Crippen molar-refractivity contribution >= 4 is 0 Å². The number of hydrogen-bond acceptors (Lipinski definition) is 1. The molecule has 0 radical (unpaired) electrons. The first-order valence-electron chi connectivity index (χ1n) is 10.0. The average Bonchev–Trinajstić information content (AvgIpc) is 2.74. The molecule has 1 nitrogen and oxygen atoms in total. The molecule has 0 heterocycles. The summed E-state index contributed by atoms with van der Waals surface area (Å²) in [6.07, 6.45) is -2.24. The van der Waals surface area contributed by atoms with E-state index in [9.17, 15) is 35.1 Å². The minimum atomic E-state index is -4.71. The van der Waals surface area contributed by atoms with Crippen LogP contribution in [0.1, 0.15) is 42.0 Å². The Morgan fingerprint density at radius 2 is 1.38 bits per heavy atom. The number of alkyl halides is 2. The molecule has 9 heteroatoms. The van der Waals surface area contributed by atoms with E-state index < -0.39 is 52.3 Å². The monoisotopic (exact) mass is 484 g/mol. The number of halogens is 8. The molecule has 0 saturated carbocycles. The van der Waals surface area contributed by atoms with E-state index in [2.05, 4.69) is 16.6 Å². The zero-order valence-corrected chi connectivity index (χ0v) is 17.6. The Morgan fingerprint density at radius 1 is 0.765 bits per heavy atom. The molecular formula is C25H16F8O. The van der Waals surface area contributed by atoms with Crippen molar-refractivity contribution in [2.24, 2.45) is 0 Å². The van der Waals surface area contributed by atoms with Crippen LogP contribution in [0.4, 0.5) is 35.1 Å². The fourth-order valence-corrected chi connectivity index (χ4v) is 3.05. The molecular weight excluding hydrogens is 468 g/mol. The molecule has 178 valence electrons. The van der Waals surface area contributed by atoms with Crippen LogP contribution in [0, 0.1) is 46.7 Å². The van der Waals surface area contributed by atoms with Crippen molar-refractivity contribution in [2.45, 2.75) is 32.3 Å². The SMILES string of the molecule is CCCCc1ccc(C#Cc2cc(F)c(C(F)(F)Oc3cc(F)c(F)c(F)c3)c(F)c2)c(F)c1. The summed E-state index contributed by atoms with van der Waals surface area (Å²) in [7, 11) is 0. The summed E-state index contributed by atoms with van der Waals surface area (Å²) >= 11 is 0. The lowest BCUT2D eigenvalue weighted by Crippen LogP contribution is -2.25. The predicted octanol–water partition coefficient (Wildman–Crippen LogP) is 7.39. The van der Waals surface area contributed by atoms with E-state index in [1.807, 2.05) is 6.92 Å². The second kappa shape index (κ2) is 10.2. The summed E-state index contributed by atoms with van der Waals surface area (Å²) in [4.78, 5) is 0. The Labute approximate surface area is 190 Å². The quantitative estimate of drug-likeness (QED) is 0.201. The van der Waals surface area contributed by atoms with Crippen molar-refractivity contribution in [3.8, 4) is 17.6 Å². The number of ether oxygens (including phenoxy) is 1. The zero-order valence-electron chi connectivity index (χ0n) is 17.6. The van der Waals surface area contributed by atoms with Gasteiger partial charge in [0, 0.05) is 17.7 Å². The molecule has 3 rings (SSSR count). The second-order valence-electron chi connectivity index (χ2n) is 7.30. The molecule has 0 spiro atoms. The van der Waals surface area contributed by atoms with Gasteiger partial charge >= 0.3 is 6.11 Å². The highest BCUT2D eigenvalue weighted by Crippen LogP contribution is 2.36. The number of benzene rings is 3. The Kier molecular flexibility index (Phi) is 7.50. The van der Waals surface area contributed by atoms with Gasteiger partial charge in [0.25, 0.3) is 0 Å². The molecule has 0 saturated heterocycles. The standard InChI is InChI=1S/C25H16F8O/c1-2-3-4-14-5-7-16(18(26)9-14)8-6-15-10-19(27)23(20(28)11-15)25(32,33)34-17-12-21(29)24(31)22(30)13-17/h5,7,9-13H,2-4H2,1H3. The highest BCUT2D eigenvalue weighted by atomic mass is 19.3. The number of rotatable bonds is 6. The van der Waals surface area contributed by atoms with Gasteiger partial charge in [-0.1, -0.05) is 31.3 Å². The van der Waals surface area contributed by atoms with Gasteiger partial charge in [-0.2, -0.15) is 8.78 Å². The first-order valence-corrected chi connectivity index (χ1v) is 10.0. The third kappa shape index (κ3) is 5.68. The van der Waals surface area contributed by atoms with Gasteiger partial charge in [-0.25, -0.2) is 26.3 Å². The maximum atomic E-state index is 14.4. The van der Waals surface area contributed by atoms with Gasteiger partial charge < -0.3 is 4.74 Å². The van der Waals surface area contributed by atoms with Crippen molar-refractivity contribution in [3.63, 3.8) is 0 Å². The van der Waals surface area contributed by atoms with Crippen LogP contribution in [0.5, 0.6) is 5.75 Å². The van der Waals surface area contributed by atoms with Crippen LogP contribution in [-0.4, -0.2) is 0 Å². The van der Waals surface area contributed by atoms with E-state index in [0.717, 1.165) is 18.4 Å². The molecule has 0 aliphatic heterocycles. The topological polar surface area (TPSA) is 9.23 Å². The Morgan fingerprint density at radius 3 is 1.94 bits per heavy atom. The molecule has 0 amide bonds. The zero-order chi connectivity index (χ0) is 25.0. The third-order valence-corrected chi connectivity index (χ3v) is 4.73. The lowest BCUT2D eigenvalue weighted by atomic mass is 10.1. The Balaban J connectivity index is 1.87. The van der Waals surface area contributed by atoms with E-state index in [4.69, 9.17) is 0 Å². The van der Waals surface area contributed by atoms with Gasteiger partial charge in [0.15, 0.2) is 17.5 Å². The highest BCUT2D eigenvalue weighted by Gasteiger charge is 2.41. The van der Waals surface area contributed by atoms with E-state index in [0.29, 0.717) is 18.6 Å². The molecule has 34 heavy (non-hydrogen) atoms. The number of unbranched alkanes of at least 4 members (excludes halogenated alkanes) is 1. The Hall–Kier alpha value is -3.54. The molecule has 0 N–H and O–H groups in total. The minimum absolute atomic E-state index is 0.0563. The second-order valence-corrected chi connectivity index (χ2v) is 7.30. The van der Waals surface area contributed by atoms with E-state index >= 15 is 0 Å². The smallest absolute Gasteiger partial charge is 0.429 e. The van der Waals surface area contributed by atoms with Crippen molar-refractivity contribution in [1.29, 1.82) is 0 Å². The van der Waals surface area contributed by atoms with Gasteiger partial charge in [-0.05, 0) is 42.7 Å². The first-order chi connectivity index (χ1) is 16.0. The van der Waals surface area contributed by atoms with Crippen LogP contribution in [-0.2, 0) is 12.5 Å². The molecule has 0 atom stereocenters. The predicted molar refractivity (Wildman–Crippen MR) is 108 cm³/mol. The molecule has 0 aliphatic rings. The molecule has 0 aliphatic carbocycles. The van der Waals surface area contributed by atoms with Crippen molar-refractivity contribution in [3.05, 3.63) is 99.6 Å². The molecule has 3 aromatic rings. The normalized spacial score (nSPS) is 11.2. The summed E-state index contributed by atoms with van der Waals surface area (Å²) in [5.74, 6) is -6.28. The molecule has 0 aromatic heterocycles. The number of aryl methyl sites for hydroxylation is 1. The summed E-state index contributed by atoms with van der Waals surface area (Å²) in [5, 5.41) is 0. The summed E-state index contributed by atoms with van der Waals surface area (Å²) in [5.41, 5.74) is -1.52. The average molecular weight is 484 g/mol. The maximum absolute atomic E-state index is 14.4. The summed E-state index contributed by atoms with van der Waals surface area (Å²) in [6.45, 7) is 1.99. The van der Waals surface area contributed by atoms with Crippen molar-refractivity contribution < 1.29 is 39.9 Å². The minimum Gasteiger partial charge on any atom is -0.429 e. The number of hydrogen-bond donors (Lipinski definition) is 0. The molecule has 3 aromatic carbocycles. The van der Waals surface area contributed by atoms with Gasteiger partial charge in [0.1, 0.15) is 28.8 Å². The third-order valence-electron chi connectivity index (χ3n) is 4.73. The van der Waals surface area contributed by atoms with Crippen molar-refractivity contribution in [1.82, 2.24) is 0 Å². The largest absolute Gasteiger partial charge is 0.432 e. The molecule has 0 bridgehead atoms. The summed E-state index contributed by atoms with van der Waals surface area (Å²) in [6, 6.07) is 5.50. The fourth-order valence-electron chi connectivity index (χ4n) is 3.05. The van der Waals surface area contributed by atoms with Gasteiger partial charge in [0.05, 0.1) is 5.56 Å². The van der Waals surface area contributed by atoms with Gasteiger partial charge in [-0.3, -0.25) is 0 Å². The van der Waals surface area contributed by atoms with E-state index in [-0.39, 0.29) is 23.3 Å². The highest BCUT2D eigenvalue weighted by molar-refractivity contribution is 5.46. The fraction of sp³-hybridized carbons (Fsp3) is 0.200. The Bertz CT molecular complexity index is 1230. The van der Waals surface area contributed by atoms with Crippen molar-refractivity contribution in [2.75, 3.05) is 0 Å². The van der Waals surface area contributed by atoms with E-state index in [1.54, 1.807) is 6.07 Å². The van der Waals surface area contributed by atoms with Crippen LogP contribution in [0.3, 0.4) is 0 Å². The lowest BCUT2D eigenvalue weighted by molar-refractivity contribution is -0.189.